The molecule has 0 aliphatic carbocycles. The van der Waals surface area contributed by atoms with Gasteiger partial charge >= 0.3 is 0 Å². The van der Waals surface area contributed by atoms with E-state index in [-0.39, 0.29) is 0 Å². The van der Waals surface area contributed by atoms with Crippen molar-refractivity contribution in [3.63, 3.8) is 0 Å². The highest BCUT2D eigenvalue weighted by atomic mass is 15.1. The van der Waals surface area contributed by atoms with Crippen molar-refractivity contribution in [1.29, 1.82) is 0 Å². The molecule has 0 saturated carbocycles. The van der Waals surface area contributed by atoms with E-state index in [1.165, 1.54) is 54.1 Å². The Kier molecular flexibility index (Phi) is 6.35. The molecular formula is C52H32N6. The molecule has 0 bridgehead atoms. The summed E-state index contributed by atoms with van der Waals surface area (Å²) in [5.41, 5.74) is 11.2. The Bertz CT molecular complexity index is 3520. The largest absolute Gasteiger partial charge is 0.307 e. The fourth-order valence-corrected chi connectivity index (χ4v) is 9.71. The van der Waals surface area contributed by atoms with Gasteiger partial charge in [0, 0.05) is 54.5 Å². The van der Waals surface area contributed by atoms with E-state index in [9.17, 15) is 0 Å². The fraction of sp³-hybridized carbons (Fsp3) is 0. The molecule has 58 heavy (non-hydrogen) atoms. The van der Waals surface area contributed by atoms with E-state index in [1.807, 2.05) is 12.4 Å². The average molecular weight is 741 g/mol. The first kappa shape index (κ1) is 31.3. The van der Waals surface area contributed by atoms with Crippen LogP contribution in [0.25, 0.3) is 110 Å². The quantitative estimate of drug-likeness (QED) is 0.180. The van der Waals surface area contributed by atoms with Crippen molar-refractivity contribution in [2.75, 3.05) is 0 Å². The summed E-state index contributed by atoms with van der Waals surface area (Å²) in [5, 5.41) is 9.52. The van der Waals surface area contributed by atoms with Crippen LogP contribution in [0.4, 0.5) is 0 Å². The molecule has 270 valence electrons. The Morgan fingerprint density at radius 3 is 0.845 bits per heavy atom. The molecule has 0 radical (unpaired) electrons. The number of benzene rings is 8. The van der Waals surface area contributed by atoms with Crippen LogP contribution < -0.4 is 0 Å². The standard InChI is InChI=1S/C52H32N6/c1-3-15-33(16-4-1)55-43-23-11-7-19-35(43)39-27-29-41-37-21-9-13-25-45(37)57(51(41)49(39)55)47-31-54-48(32-53-47)58-46-26-14-10-22-38(46)42-30-28-40-36-20-8-12-24-44(36)56(50(40)52(42)58)34-17-5-2-6-18-34/h1-32H. The van der Waals surface area contributed by atoms with Gasteiger partial charge in [0.2, 0.25) is 0 Å². The number of hydrogen-bond acceptors (Lipinski definition) is 2. The summed E-state index contributed by atoms with van der Waals surface area (Å²) in [6.07, 6.45) is 3.89. The van der Waals surface area contributed by atoms with Crippen molar-refractivity contribution < 1.29 is 0 Å². The first-order valence-corrected chi connectivity index (χ1v) is 19.7. The van der Waals surface area contributed by atoms with E-state index in [1.54, 1.807) is 0 Å². The average Bonchev–Trinajstić information content (AvgIpc) is 4.02. The van der Waals surface area contributed by atoms with Gasteiger partial charge in [0.25, 0.3) is 0 Å². The molecule has 0 fully saturated rings. The van der Waals surface area contributed by atoms with Crippen LogP contribution >= 0.6 is 0 Å². The highest BCUT2D eigenvalue weighted by molar-refractivity contribution is 6.25. The lowest BCUT2D eigenvalue weighted by Crippen LogP contribution is -2.04. The summed E-state index contributed by atoms with van der Waals surface area (Å²) in [7, 11) is 0. The molecule has 0 spiro atoms. The Balaban J connectivity index is 1.11. The number of fused-ring (bicyclic) bond motifs is 14. The van der Waals surface area contributed by atoms with E-state index >= 15 is 0 Å². The summed E-state index contributed by atoms with van der Waals surface area (Å²) in [6.45, 7) is 0. The SMILES string of the molecule is c1ccc(-n2c3ccccc3c3ccc4c5ccccc5n(-c5cnc(-n6c7ccccc7c7ccc8c9ccccc9n(-c9ccccc9)c8c76)cn5)c4c32)cc1. The fourth-order valence-electron chi connectivity index (χ4n) is 9.71. The summed E-state index contributed by atoms with van der Waals surface area (Å²) in [4.78, 5) is 10.6. The maximum absolute atomic E-state index is 5.32. The second-order valence-corrected chi connectivity index (χ2v) is 15.0. The van der Waals surface area contributed by atoms with Crippen LogP contribution in [0.5, 0.6) is 0 Å². The van der Waals surface area contributed by atoms with E-state index < -0.39 is 0 Å². The van der Waals surface area contributed by atoms with Crippen molar-refractivity contribution in [2.24, 2.45) is 0 Å². The van der Waals surface area contributed by atoms with Crippen LogP contribution in [-0.4, -0.2) is 28.2 Å². The molecule has 8 aromatic carbocycles. The summed E-state index contributed by atoms with van der Waals surface area (Å²) in [5.74, 6) is 1.52. The number of nitrogens with zero attached hydrogens (tertiary/aromatic N) is 6. The molecule has 0 aliphatic heterocycles. The van der Waals surface area contributed by atoms with Gasteiger partial charge in [0.15, 0.2) is 11.6 Å². The number of hydrogen-bond donors (Lipinski definition) is 0. The second-order valence-electron chi connectivity index (χ2n) is 15.0. The van der Waals surface area contributed by atoms with Crippen LogP contribution in [0.15, 0.2) is 194 Å². The minimum atomic E-state index is 0.761. The van der Waals surface area contributed by atoms with E-state index in [0.29, 0.717) is 0 Å². The van der Waals surface area contributed by atoms with Crippen molar-refractivity contribution in [1.82, 2.24) is 28.2 Å². The Morgan fingerprint density at radius 2 is 0.517 bits per heavy atom. The van der Waals surface area contributed by atoms with Crippen LogP contribution in [0.2, 0.25) is 0 Å². The van der Waals surface area contributed by atoms with Crippen LogP contribution in [0.1, 0.15) is 0 Å². The zero-order valence-corrected chi connectivity index (χ0v) is 31.2. The van der Waals surface area contributed by atoms with E-state index in [2.05, 4.69) is 200 Å². The van der Waals surface area contributed by atoms with Gasteiger partial charge in [-0.25, -0.2) is 9.97 Å². The molecule has 5 heterocycles. The smallest absolute Gasteiger partial charge is 0.156 e. The van der Waals surface area contributed by atoms with Crippen LogP contribution in [-0.2, 0) is 0 Å². The van der Waals surface area contributed by atoms with Gasteiger partial charge in [-0.05, 0) is 48.5 Å². The predicted molar refractivity (Wildman–Crippen MR) is 239 cm³/mol. The molecule has 13 rings (SSSR count). The third-order valence-electron chi connectivity index (χ3n) is 12.0. The van der Waals surface area contributed by atoms with Gasteiger partial charge in [-0.15, -0.1) is 0 Å². The lowest BCUT2D eigenvalue weighted by atomic mass is 10.1. The zero-order chi connectivity index (χ0) is 37.9. The van der Waals surface area contributed by atoms with E-state index in [4.69, 9.17) is 9.97 Å². The molecule has 0 amide bonds. The van der Waals surface area contributed by atoms with Crippen molar-refractivity contribution in [3.05, 3.63) is 194 Å². The van der Waals surface area contributed by atoms with Gasteiger partial charge < -0.3 is 9.13 Å². The highest BCUT2D eigenvalue weighted by Gasteiger charge is 2.24. The minimum absolute atomic E-state index is 0.761. The molecular weight excluding hydrogens is 709 g/mol. The first-order valence-electron chi connectivity index (χ1n) is 19.7. The summed E-state index contributed by atoms with van der Waals surface area (Å²) >= 11 is 0. The number of para-hydroxylation sites is 6. The van der Waals surface area contributed by atoms with Gasteiger partial charge in [-0.1, -0.05) is 133 Å². The number of aromatic nitrogens is 6. The maximum atomic E-state index is 5.32. The van der Waals surface area contributed by atoms with Gasteiger partial charge in [-0.2, -0.15) is 0 Å². The second kappa shape index (κ2) is 11.8. The zero-order valence-electron chi connectivity index (χ0n) is 31.2. The molecule has 0 saturated heterocycles. The van der Waals surface area contributed by atoms with Crippen LogP contribution in [0.3, 0.4) is 0 Å². The molecule has 6 heteroatoms. The summed E-state index contributed by atoms with van der Waals surface area (Å²) in [6, 6.07) is 65.1. The lowest BCUT2D eigenvalue weighted by molar-refractivity contribution is 0.988. The van der Waals surface area contributed by atoms with Crippen molar-refractivity contribution in [3.8, 4) is 23.0 Å². The molecule has 0 aliphatic rings. The number of rotatable bonds is 4. The lowest BCUT2D eigenvalue weighted by Gasteiger charge is -2.13. The Hall–Kier alpha value is -7.96. The molecule has 0 N–H and O–H groups in total. The molecule has 0 unspecified atom stereocenters. The molecule has 13 aromatic rings. The highest BCUT2D eigenvalue weighted by Crippen LogP contribution is 2.43. The van der Waals surface area contributed by atoms with Gasteiger partial charge in [-0.3, -0.25) is 9.13 Å². The van der Waals surface area contributed by atoms with Crippen molar-refractivity contribution in [2.45, 2.75) is 0 Å². The Morgan fingerprint density at radius 1 is 0.241 bits per heavy atom. The summed E-state index contributed by atoms with van der Waals surface area (Å²) < 4.78 is 9.41. The third kappa shape index (κ3) is 4.15. The van der Waals surface area contributed by atoms with Gasteiger partial charge in [0.1, 0.15) is 0 Å². The minimum Gasteiger partial charge on any atom is -0.307 e. The predicted octanol–water partition coefficient (Wildman–Crippen LogP) is 12.9. The van der Waals surface area contributed by atoms with Crippen molar-refractivity contribution >= 4 is 87.2 Å². The normalized spacial score (nSPS) is 12.1. The van der Waals surface area contributed by atoms with Gasteiger partial charge in [0.05, 0.1) is 56.5 Å². The molecule has 0 atom stereocenters. The third-order valence-corrected chi connectivity index (χ3v) is 12.0. The Labute approximate surface area is 331 Å². The van der Waals surface area contributed by atoms with Crippen LogP contribution in [0, 0.1) is 0 Å². The molecule has 5 aromatic heterocycles. The monoisotopic (exact) mass is 740 g/mol. The van der Waals surface area contributed by atoms with E-state index in [0.717, 1.165) is 56.1 Å². The first-order chi connectivity index (χ1) is 28.8. The topological polar surface area (TPSA) is 45.5 Å². The maximum Gasteiger partial charge on any atom is 0.156 e. The molecule has 6 nitrogen and oxygen atoms in total.